The van der Waals surface area contributed by atoms with Crippen LogP contribution in [0, 0.1) is 0 Å². The number of likely N-dealkylation sites (tertiary alicyclic amines) is 2. The van der Waals surface area contributed by atoms with E-state index in [2.05, 4.69) is 39.6 Å². The van der Waals surface area contributed by atoms with E-state index in [0.717, 1.165) is 32.5 Å². The van der Waals surface area contributed by atoms with Gasteiger partial charge >= 0.3 is 0 Å². The summed E-state index contributed by atoms with van der Waals surface area (Å²) in [5, 5.41) is 0. The third kappa shape index (κ3) is 2.21. The first-order valence-corrected chi connectivity index (χ1v) is 6.69. The molecule has 1 unspecified atom stereocenters. The standard InChI is InChI=1S/C11H19BrN2O/c1-8(2)13-6-9(7-13)14-5-3-4-10(12)11(14)15/h8-10H,3-7H2,1-2H3. The number of halogens is 1. The fraction of sp³-hybridized carbons (Fsp3) is 0.909. The van der Waals surface area contributed by atoms with Crippen molar-refractivity contribution < 1.29 is 4.79 Å². The van der Waals surface area contributed by atoms with Gasteiger partial charge in [0, 0.05) is 25.7 Å². The van der Waals surface area contributed by atoms with Gasteiger partial charge in [-0.3, -0.25) is 9.69 Å². The second-order valence-corrected chi connectivity index (χ2v) is 5.95. The number of piperidine rings is 1. The molecule has 1 amide bonds. The minimum absolute atomic E-state index is 0.0688. The monoisotopic (exact) mass is 274 g/mol. The molecule has 0 aromatic carbocycles. The molecular weight excluding hydrogens is 256 g/mol. The van der Waals surface area contributed by atoms with Crippen molar-refractivity contribution >= 4 is 21.8 Å². The van der Waals surface area contributed by atoms with Crippen molar-refractivity contribution in [2.75, 3.05) is 19.6 Å². The van der Waals surface area contributed by atoms with Crippen LogP contribution in [0.4, 0.5) is 0 Å². The highest BCUT2D eigenvalue weighted by Gasteiger charge is 2.38. The molecule has 2 saturated heterocycles. The molecule has 2 aliphatic heterocycles. The van der Waals surface area contributed by atoms with Crippen LogP contribution in [0.1, 0.15) is 26.7 Å². The van der Waals surface area contributed by atoms with E-state index in [1.54, 1.807) is 0 Å². The molecule has 0 spiro atoms. The second-order valence-electron chi connectivity index (χ2n) is 4.84. The topological polar surface area (TPSA) is 23.6 Å². The number of alkyl halides is 1. The number of rotatable bonds is 2. The first kappa shape index (κ1) is 11.4. The van der Waals surface area contributed by atoms with E-state index in [9.17, 15) is 4.79 Å². The van der Waals surface area contributed by atoms with Crippen molar-refractivity contribution in [1.82, 2.24) is 9.80 Å². The van der Waals surface area contributed by atoms with Crippen LogP contribution in [0.3, 0.4) is 0 Å². The molecule has 0 radical (unpaired) electrons. The normalized spacial score (nSPS) is 29.7. The molecule has 2 aliphatic rings. The number of nitrogens with zero attached hydrogens (tertiary/aromatic N) is 2. The van der Waals surface area contributed by atoms with Gasteiger partial charge < -0.3 is 4.90 Å². The van der Waals surface area contributed by atoms with Crippen molar-refractivity contribution in [1.29, 1.82) is 0 Å². The molecular formula is C11H19BrN2O. The molecule has 2 rings (SSSR count). The number of hydrogen-bond donors (Lipinski definition) is 0. The number of carbonyl (C=O) groups is 1. The summed E-state index contributed by atoms with van der Waals surface area (Å²) in [4.78, 5) is 16.4. The van der Waals surface area contributed by atoms with Crippen molar-refractivity contribution in [3.63, 3.8) is 0 Å². The van der Waals surface area contributed by atoms with E-state index in [0.29, 0.717) is 18.0 Å². The SMILES string of the molecule is CC(C)N1CC(N2CCCC(Br)C2=O)C1. The zero-order valence-corrected chi connectivity index (χ0v) is 11.0. The Morgan fingerprint density at radius 3 is 2.67 bits per heavy atom. The highest BCUT2D eigenvalue weighted by molar-refractivity contribution is 9.10. The fourth-order valence-corrected chi connectivity index (χ4v) is 2.91. The van der Waals surface area contributed by atoms with Crippen LogP contribution in [-0.2, 0) is 4.79 Å². The lowest BCUT2D eigenvalue weighted by Crippen LogP contribution is -2.64. The maximum atomic E-state index is 11.9. The van der Waals surface area contributed by atoms with Gasteiger partial charge in [-0.05, 0) is 26.7 Å². The van der Waals surface area contributed by atoms with Crippen molar-refractivity contribution in [2.24, 2.45) is 0 Å². The molecule has 86 valence electrons. The Bertz CT molecular complexity index is 251. The number of carbonyl (C=O) groups excluding carboxylic acids is 1. The molecule has 2 fully saturated rings. The maximum absolute atomic E-state index is 11.9. The molecule has 4 heteroatoms. The molecule has 0 N–H and O–H groups in total. The lowest BCUT2D eigenvalue weighted by atomic mass is 10.0. The molecule has 3 nitrogen and oxygen atoms in total. The van der Waals surface area contributed by atoms with Crippen molar-refractivity contribution in [2.45, 2.75) is 43.6 Å². The van der Waals surface area contributed by atoms with Crippen molar-refractivity contribution in [3.05, 3.63) is 0 Å². The summed E-state index contributed by atoms with van der Waals surface area (Å²) in [7, 11) is 0. The molecule has 0 aromatic rings. The highest BCUT2D eigenvalue weighted by Crippen LogP contribution is 2.25. The quantitative estimate of drug-likeness (QED) is 0.712. The van der Waals surface area contributed by atoms with Crippen LogP contribution in [0.15, 0.2) is 0 Å². The van der Waals surface area contributed by atoms with E-state index >= 15 is 0 Å². The molecule has 15 heavy (non-hydrogen) atoms. The summed E-state index contributed by atoms with van der Waals surface area (Å²) in [5.41, 5.74) is 0. The van der Waals surface area contributed by atoms with Gasteiger partial charge in [-0.15, -0.1) is 0 Å². The number of hydrogen-bond acceptors (Lipinski definition) is 2. The van der Waals surface area contributed by atoms with Gasteiger partial charge in [0.2, 0.25) is 5.91 Å². The van der Waals surface area contributed by atoms with E-state index in [1.165, 1.54) is 0 Å². The average molecular weight is 275 g/mol. The van der Waals surface area contributed by atoms with Gasteiger partial charge in [0.25, 0.3) is 0 Å². The third-order valence-corrected chi connectivity index (χ3v) is 4.32. The molecule has 0 aliphatic carbocycles. The second kappa shape index (κ2) is 4.42. The minimum atomic E-state index is 0.0688. The van der Waals surface area contributed by atoms with Gasteiger partial charge in [-0.1, -0.05) is 15.9 Å². The fourth-order valence-electron chi connectivity index (χ4n) is 2.32. The predicted octanol–water partition coefficient (Wildman–Crippen LogP) is 1.46. The Morgan fingerprint density at radius 1 is 1.40 bits per heavy atom. The zero-order valence-electron chi connectivity index (χ0n) is 9.45. The van der Waals surface area contributed by atoms with Crippen LogP contribution in [0.25, 0.3) is 0 Å². The van der Waals surface area contributed by atoms with Crippen LogP contribution in [0.5, 0.6) is 0 Å². The van der Waals surface area contributed by atoms with Gasteiger partial charge in [0.15, 0.2) is 0 Å². The molecule has 2 heterocycles. The molecule has 0 saturated carbocycles. The van der Waals surface area contributed by atoms with Crippen molar-refractivity contribution in [3.8, 4) is 0 Å². The van der Waals surface area contributed by atoms with Gasteiger partial charge in [0.1, 0.15) is 0 Å². The minimum Gasteiger partial charge on any atom is -0.336 e. The first-order chi connectivity index (χ1) is 7.09. The summed E-state index contributed by atoms with van der Waals surface area (Å²) < 4.78 is 0. The first-order valence-electron chi connectivity index (χ1n) is 5.78. The Balaban J connectivity index is 1.87. The Hall–Kier alpha value is -0.0900. The van der Waals surface area contributed by atoms with Crippen LogP contribution in [-0.4, -0.2) is 52.3 Å². The summed E-state index contributed by atoms with van der Waals surface area (Å²) in [5.74, 6) is 0.301. The largest absolute Gasteiger partial charge is 0.336 e. The summed E-state index contributed by atoms with van der Waals surface area (Å²) >= 11 is 3.45. The Morgan fingerprint density at radius 2 is 2.07 bits per heavy atom. The maximum Gasteiger partial charge on any atom is 0.236 e. The summed E-state index contributed by atoms with van der Waals surface area (Å²) in [6, 6.07) is 1.08. The molecule has 0 bridgehead atoms. The smallest absolute Gasteiger partial charge is 0.236 e. The van der Waals surface area contributed by atoms with E-state index in [4.69, 9.17) is 0 Å². The molecule has 1 atom stereocenters. The van der Waals surface area contributed by atoms with E-state index in [-0.39, 0.29) is 4.83 Å². The third-order valence-electron chi connectivity index (χ3n) is 3.47. The van der Waals surface area contributed by atoms with Crippen LogP contribution >= 0.6 is 15.9 Å². The van der Waals surface area contributed by atoms with E-state index in [1.807, 2.05) is 0 Å². The zero-order chi connectivity index (χ0) is 11.0. The number of amides is 1. The Kier molecular flexibility index (Phi) is 3.36. The predicted molar refractivity (Wildman–Crippen MR) is 64.2 cm³/mol. The van der Waals surface area contributed by atoms with Gasteiger partial charge in [-0.2, -0.15) is 0 Å². The highest BCUT2D eigenvalue weighted by atomic mass is 79.9. The molecule has 0 aromatic heterocycles. The summed E-state index contributed by atoms with van der Waals surface area (Å²) in [6.07, 6.45) is 2.13. The van der Waals surface area contributed by atoms with Gasteiger partial charge in [-0.25, -0.2) is 0 Å². The Labute approximate surface area is 99.9 Å². The average Bonchev–Trinajstić information content (AvgIpc) is 2.09. The van der Waals surface area contributed by atoms with Gasteiger partial charge in [0.05, 0.1) is 10.9 Å². The summed E-state index contributed by atoms with van der Waals surface area (Å²) in [6.45, 7) is 7.49. The lowest BCUT2D eigenvalue weighted by Gasteiger charge is -2.49. The van der Waals surface area contributed by atoms with Crippen LogP contribution in [0.2, 0.25) is 0 Å². The van der Waals surface area contributed by atoms with E-state index < -0.39 is 0 Å². The van der Waals surface area contributed by atoms with Crippen LogP contribution < -0.4 is 0 Å². The lowest BCUT2D eigenvalue weighted by molar-refractivity contribution is -0.139.